The molecule has 0 saturated carbocycles. The Morgan fingerprint density at radius 1 is 1.35 bits per heavy atom. The number of amides is 1. The van der Waals surface area contributed by atoms with E-state index >= 15 is 0 Å². The quantitative estimate of drug-likeness (QED) is 0.593. The minimum absolute atomic E-state index is 0.0142. The molecule has 0 heterocycles. The van der Waals surface area contributed by atoms with Crippen molar-refractivity contribution in [1.82, 2.24) is 5.32 Å². The Bertz CT molecular complexity index is 254. The van der Waals surface area contributed by atoms with Crippen LogP contribution < -0.4 is 11.1 Å². The van der Waals surface area contributed by atoms with Crippen LogP contribution in [0.1, 0.15) is 40.0 Å². The first-order valence-electron chi connectivity index (χ1n) is 6.16. The number of rotatable bonds is 8. The molecule has 1 amide bonds. The highest BCUT2D eigenvalue weighted by Crippen LogP contribution is 2.09. The first kappa shape index (κ1) is 15.9. The highest BCUT2D eigenvalue weighted by atomic mass is 16.4. The number of nitrogens with one attached hydrogen (secondary N) is 1. The topological polar surface area (TPSA) is 92.4 Å². The first-order chi connectivity index (χ1) is 7.90. The number of carboxylic acid groups (broad SMARTS) is 1. The van der Waals surface area contributed by atoms with E-state index in [-0.39, 0.29) is 18.4 Å². The number of carbonyl (C=O) groups is 2. The molecule has 0 aromatic heterocycles. The van der Waals surface area contributed by atoms with Crippen LogP contribution in [0, 0.1) is 11.8 Å². The fraction of sp³-hybridized carbons (Fsp3) is 0.833. The van der Waals surface area contributed by atoms with Crippen LogP contribution in [0.5, 0.6) is 0 Å². The third-order valence-corrected chi connectivity index (χ3v) is 2.82. The van der Waals surface area contributed by atoms with Gasteiger partial charge in [-0.25, -0.2) is 0 Å². The molecule has 0 saturated heterocycles. The molecular formula is C12H24N2O3. The van der Waals surface area contributed by atoms with Crippen molar-refractivity contribution >= 4 is 11.9 Å². The third kappa shape index (κ3) is 6.26. The molecule has 17 heavy (non-hydrogen) atoms. The Balaban J connectivity index is 4.08. The van der Waals surface area contributed by atoms with Gasteiger partial charge in [-0.3, -0.25) is 9.59 Å². The van der Waals surface area contributed by atoms with Crippen LogP contribution in [0.2, 0.25) is 0 Å². The van der Waals surface area contributed by atoms with Crippen LogP contribution in [-0.4, -0.2) is 29.6 Å². The Morgan fingerprint density at radius 3 is 2.35 bits per heavy atom. The van der Waals surface area contributed by atoms with Crippen molar-refractivity contribution in [3.05, 3.63) is 0 Å². The van der Waals surface area contributed by atoms with Crippen LogP contribution in [0.25, 0.3) is 0 Å². The molecule has 2 atom stereocenters. The van der Waals surface area contributed by atoms with Crippen molar-refractivity contribution in [1.29, 1.82) is 0 Å². The van der Waals surface area contributed by atoms with Crippen LogP contribution in [-0.2, 0) is 9.59 Å². The summed E-state index contributed by atoms with van der Waals surface area (Å²) >= 11 is 0. The van der Waals surface area contributed by atoms with Gasteiger partial charge in [-0.15, -0.1) is 0 Å². The standard InChI is InChI=1S/C12H24N2O3/c1-4-5-6-10(13)11(15)14-7-9(8(2)3)12(16)17/h8-10H,4-7,13H2,1-3H3,(H,14,15)(H,16,17). The fourth-order valence-corrected chi connectivity index (χ4v) is 1.50. The summed E-state index contributed by atoms with van der Waals surface area (Å²) in [7, 11) is 0. The molecule has 0 bridgehead atoms. The van der Waals surface area contributed by atoms with E-state index in [9.17, 15) is 9.59 Å². The minimum Gasteiger partial charge on any atom is -0.481 e. The zero-order chi connectivity index (χ0) is 13.4. The molecule has 0 fully saturated rings. The van der Waals surface area contributed by atoms with Gasteiger partial charge in [-0.1, -0.05) is 33.6 Å². The molecule has 0 aliphatic heterocycles. The summed E-state index contributed by atoms with van der Waals surface area (Å²) in [4.78, 5) is 22.5. The summed E-state index contributed by atoms with van der Waals surface area (Å²) in [6, 6.07) is -0.531. The molecule has 0 aliphatic carbocycles. The van der Waals surface area contributed by atoms with Gasteiger partial charge in [0.1, 0.15) is 0 Å². The van der Waals surface area contributed by atoms with Crippen molar-refractivity contribution in [3.63, 3.8) is 0 Å². The van der Waals surface area contributed by atoms with Crippen molar-refractivity contribution in [2.24, 2.45) is 17.6 Å². The van der Waals surface area contributed by atoms with E-state index in [1.165, 1.54) is 0 Å². The molecule has 100 valence electrons. The molecule has 0 rings (SSSR count). The molecule has 5 nitrogen and oxygen atoms in total. The van der Waals surface area contributed by atoms with Gasteiger partial charge in [-0.05, 0) is 12.3 Å². The predicted octanol–water partition coefficient (Wildman–Crippen LogP) is 0.977. The van der Waals surface area contributed by atoms with Gasteiger partial charge >= 0.3 is 5.97 Å². The number of carboxylic acids is 1. The molecule has 0 radical (unpaired) electrons. The maximum atomic E-state index is 11.6. The molecule has 5 heteroatoms. The molecule has 0 aliphatic rings. The van der Waals surface area contributed by atoms with E-state index in [1.54, 1.807) is 0 Å². The largest absolute Gasteiger partial charge is 0.481 e. The zero-order valence-corrected chi connectivity index (χ0v) is 10.9. The number of hydrogen-bond donors (Lipinski definition) is 3. The van der Waals surface area contributed by atoms with Crippen molar-refractivity contribution < 1.29 is 14.7 Å². The highest BCUT2D eigenvalue weighted by Gasteiger charge is 2.23. The molecular weight excluding hydrogens is 220 g/mol. The zero-order valence-electron chi connectivity index (χ0n) is 10.9. The number of nitrogens with two attached hydrogens (primary N) is 1. The molecule has 2 unspecified atom stereocenters. The maximum Gasteiger partial charge on any atom is 0.308 e. The van der Waals surface area contributed by atoms with Crippen LogP contribution in [0.4, 0.5) is 0 Å². The fourth-order valence-electron chi connectivity index (χ4n) is 1.50. The average Bonchev–Trinajstić information content (AvgIpc) is 2.24. The number of aliphatic carboxylic acids is 1. The molecule has 0 aromatic rings. The van der Waals surface area contributed by atoms with Gasteiger partial charge in [0, 0.05) is 6.54 Å². The number of unbranched alkanes of at least 4 members (excludes halogenated alkanes) is 1. The Labute approximate surface area is 103 Å². The number of hydrogen-bond acceptors (Lipinski definition) is 3. The van der Waals surface area contributed by atoms with Crippen LogP contribution >= 0.6 is 0 Å². The summed E-state index contributed by atoms with van der Waals surface area (Å²) in [5, 5.41) is 11.6. The van der Waals surface area contributed by atoms with E-state index in [1.807, 2.05) is 20.8 Å². The van der Waals surface area contributed by atoms with Gasteiger partial charge in [0.25, 0.3) is 0 Å². The van der Waals surface area contributed by atoms with E-state index < -0.39 is 17.9 Å². The van der Waals surface area contributed by atoms with Gasteiger partial charge in [0.05, 0.1) is 12.0 Å². The summed E-state index contributed by atoms with van der Waals surface area (Å²) in [6.07, 6.45) is 2.54. The lowest BCUT2D eigenvalue weighted by molar-refractivity contribution is -0.143. The summed E-state index contributed by atoms with van der Waals surface area (Å²) in [5.74, 6) is -1.72. The van der Waals surface area contributed by atoms with Crippen molar-refractivity contribution in [3.8, 4) is 0 Å². The smallest absolute Gasteiger partial charge is 0.308 e. The molecule has 0 spiro atoms. The highest BCUT2D eigenvalue weighted by molar-refractivity contribution is 5.82. The van der Waals surface area contributed by atoms with E-state index in [2.05, 4.69) is 5.32 Å². The lowest BCUT2D eigenvalue weighted by Gasteiger charge is -2.18. The lowest BCUT2D eigenvalue weighted by Crippen LogP contribution is -2.44. The third-order valence-electron chi connectivity index (χ3n) is 2.82. The second-order valence-corrected chi connectivity index (χ2v) is 4.68. The Morgan fingerprint density at radius 2 is 1.94 bits per heavy atom. The van der Waals surface area contributed by atoms with E-state index in [0.717, 1.165) is 12.8 Å². The normalized spacial score (nSPS) is 14.4. The average molecular weight is 244 g/mol. The predicted molar refractivity (Wildman–Crippen MR) is 66.5 cm³/mol. The number of carbonyl (C=O) groups excluding carboxylic acids is 1. The monoisotopic (exact) mass is 244 g/mol. The van der Waals surface area contributed by atoms with E-state index in [4.69, 9.17) is 10.8 Å². The van der Waals surface area contributed by atoms with Crippen LogP contribution in [0.3, 0.4) is 0 Å². The van der Waals surface area contributed by atoms with E-state index in [0.29, 0.717) is 6.42 Å². The molecule has 4 N–H and O–H groups in total. The second-order valence-electron chi connectivity index (χ2n) is 4.68. The van der Waals surface area contributed by atoms with Gasteiger partial charge < -0.3 is 16.2 Å². The van der Waals surface area contributed by atoms with Crippen molar-refractivity contribution in [2.45, 2.75) is 46.1 Å². The maximum absolute atomic E-state index is 11.6. The Hall–Kier alpha value is -1.10. The van der Waals surface area contributed by atoms with Crippen molar-refractivity contribution in [2.75, 3.05) is 6.54 Å². The first-order valence-corrected chi connectivity index (χ1v) is 6.16. The summed E-state index contributed by atoms with van der Waals surface area (Å²) in [6.45, 7) is 5.82. The van der Waals surface area contributed by atoms with Gasteiger partial charge in [-0.2, -0.15) is 0 Å². The van der Waals surface area contributed by atoms with Crippen LogP contribution in [0.15, 0.2) is 0 Å². The Kier molecular flexibility index (Phi) is 7.54. The molecule has 0 aromatic carbocycles. The lowest BCUT2D eigenvalue weighted by atomic mass is 9.96. The van der Waals surface area contributed by atoms with Gasteiger partial charge in [0.15, 0.2) is 0 Å². The second kappa shape index (κ2) is 8.06. The van der Waals surface area contributed by atoms with Gasteiger partial charge in [0.2, 0.25) is 5.91 Å². The minimum atomic E-state index is -0.887. The summed E-state index contributed by atoms with van der Waals surface area (Å²) < 4.78 is 0. The summed E-state index contributed by atoms with van der Waals surface area (Å²) in [5.41, 5.74) is 5.68. The SMILES string of the molecule is CCCCC(N)C(=O)NCC(C(=O)O)C(C)C.